The Labute approximate surface area is 261 Å². The molecule has 0 amide bonds. The number of benzene rings is 3. The summed E-state index contributed by atoms with van der Waals surface area (Å²) in [5.41, 5.74) is -1.17. The van der Waals surface area contributed by atoms with E-state index in [4.69, 9.17) is 0 Å². The van der Waals surface area contributed by atoms with Crippen LogP contribution in [-0.2, 0) is 30.4 Å². The second kappa shape index (κ2) is 12.5. The zero-order valence-corrected chi connectivity index (χ0v) is 26.3. The van der Waals surface area contributed by atoms with Gasteiger partial charge < -0.3 is 14.2 Å². The van der Waals surface area contributed by atoms with Gasteiger partial charge in [-0.2, -0.15) is 13.5 Å². The van der Waals surface area contributed by atoms with Gasteiger partial charge in [-0.25, -0.2) is 16.8 Å². The fraction of sp³-hybridized carbons (Fsp3) is 0. The molecule has 0 aliphatic heterocycles. The first-order valence-electron chi connectivity index (χ1n) is 7.87. The van der Waals surface area contributed by atoms with Gasteiger partial charge in [0.05, 0.1) is 20.4 Å². The van der Waals surface area contributed by atoms with Gasteiger partial charge in [-0.3, -0.25) is 4.55 Å². The third-order valence-electron chi connectivity index (χ3n) is 3.96. The van der Waals surface area contributed by atoms with Crippen LogP contribution in [0.5, 0.6) is 5.75 Å². The summed E-state index contributed by atoms with van der Waals surface area (Å²) in [6.07, 6.45) is 0. The molecule has 18 heteroatoms. The van der Waals surface area contributed by atoms with Gasteiger partial charge >= 0.3 is 88.7 Å². The van der Waals surface area contributed by atoms with Gasteiger partial charge in [0.1, 0.15) is 25.9 Å². The van der Waals surface area contributed by atoms with Crippen molar-refractivity contribution in [2.75, 3.05) is 0 Å². The summed E-state index contributed by atoms with van der Waals surface area (Å²) in [6, 6.07) is 7.83. The van der Waals surface area contributed by atoms with Gasteiger partial charge in [0.25, 0.3) is 10.1 Å². The van der Waals surface area contributed by atoms with Crippen LogP contribution in [0.2, 0.25) is 0 Å². The molecule has 3 rings (SSSR count). The fourth-order valence-electron chi connectivity index (χ4n) is 2.62. The van der Waals surface area contributed by atoms with Gasteiger partial charge in [0, 0.05) is 5.39 Å². The monoisotopic (exact) mass is 554 g/mol. The second-order valence-electron chi connectivity index (χ2n) is 5.99. The molecule has 0 radical (unpaired) electrons. The van der Waals surface area contributed by atoms with Crippen LogP contribution in [0.25, 0.3) is 10.8 Å². The van der Waals surface area contributed by atoms with E-state index in [1.807, 2.05) is 0 Å². The zero-order chi connectivity index (χ0) is 23.2. The molecule has 0 unspecified atom stereocenters. The van der Waals surface area contributed by atoms with Gasteiger partial charge in [0.15, 0.2) is 0 Å². The largest absolute Gasteiger partial charge is 1.00 e. The topological polar surface area (TPSA) is 217 Å². The van der Waals surface area contributed by atoms with Crippen molar-refractivity contribution in [1.82, 2.24) is 0 Å². The minimum atomic E-state index is -5.10. The molecule has 0 heterocycles. The molecule has 12 nitrogen and oxygen atoms in total. The van der Waals surface area contributed by atoms with Crippen molar-refractivity contribution in [2.45, 2.75) is 14.7 Å². The van der Waals surface area contributed by atoms with Gasteiger partial charge in [0.2, 0.25) is 0 Å². The van der Waals surface area contributed by atoms with Crippen LogP contribution in [0.4, 0.5) is 11.4 Å². The van der Waals surface area contributed by atoms with Crippen molar-refractivity contribution in [3.8, 4) is 5.75 Å². The van der Waals surface area contributed by atoms with E-state index < -0.39 is 62.2 Å². The van der Waals surface area contributed by atoms with Crippen molar-refractivity contribution >= 4 is 52.5 Å². The Bertz CT molecular complexity index is 1580. The van der Waals surface area contributed by atoms with E-state index in [1.165, 1.54) is 12.1 Å². The van der Waals surface area contributed by atoms with E-state index in [1.54, 1.807) is 0 Å². The third kappa shape index (κ3) is 7.77. The average Bonchev–Trinajstić information content (AvgIpc) is 2.64. The fourth-order valence-corrected chi connectivity index (χ4v) is 4.35. The van der Waals surface area contributed by atoms with Crippen molar-refractivity contribution in [2.24, 2.45) is 10.2 Å². The van der Waals surface area contributed by atoms with Gasteiger partial charge in [-0.05, 0) is 35.7 Å². The van der Waals surface area contributed by atoms with Crippen LogP contribution in [0, 0.1) is 0 Å². The summed E-state index contributed by atoms with van der Waals surface area (Å²) >= 11 is 0. The normalized spacial score (nSPS) is 12.0. The number of azo groups is 1. The van der Waals surface area contributed by atoms with Crippen LogP contribution in [-0.4, -0.2) is 38.9 Å². The Balaban J connectivity index is 0.00000363. The number of fused-ring (bicyclic) bond motifs is 1. The van der Waals surface area contributed by atoms with Crippen LogP contribution < -0.4 is 93.8 Å². The second-order valence-corrected chi connectivity index (χ2v) is 10.1. The molecule has 3 aromatic carbocycles. The Morgan fingerprint density at radius 3 is 1.85 bits per heavy atom. The maximum Gasteiger partial charge on any atom is 1.00 e. The molecular weight excluding hydrogens is 545 g/mol. The van der Waals surface area contributed by atoms with E-state index in [0.29, 0.717) is 6.07 Å². The maximum atomic E-state index is 12.6. The Hall–Kier alpha value is 0.0500. The number of hydrogen-bond donors (Lipinski definition) is 1. The molecule has 0 saturated heterocycles. The predicted molar refractivity (Wildman–Crippen MR) is 99.8 cm³/mol. The number of hydrogen-bond acceptors (Lipinski definition) is 11. The first-order valence-corrected chi connectivity index (χ1v) is 12.1. The van der Waals surface area contributed by atoms with Crippen LogP contribution in [0.15, 0.2) is 73.4 Å². The van der Waals surface area contributed by atoms with Crippen molar-refractivity contribution in [3.05, 3.63) is 48.5 Å². The van der Waals surface area contributed by atoms with E-state index in [-0.39, 0.29) is 99.4 Å². The number of nitrogens with zero attached hydrogens (tertiary/aromatic N) is 2. The molecule has 0 aliphatic rings. The molecule has 3 aromatic rings. The Morgan fingerprint density at radius 1 is 0.735 bits per heavy atom. The first-order chi connectivity index (χ1) is 14.2. The minimum absolute atomic E-state index is 0. The summed E-state index contributed by atoms with van der Waals surface area (Å²) in [6.45, 7) is 0. The van der Waals surface area contributed by atoms with Crippen molar-refractivity contribution in [1.29, 1.82) is 0 Å². The van der Waals surface area contributed by atoms with E-state index in [0.717, 1.165) is 30.3 Å². The molecule has 0 saturated carbocycles. The molecule has 0 atom stereocenters. The minimum Gasteiger partial charge on any atom is -0.870 e. The molecule has 34 heavy (non-hydrogen) atoms. The van der Waals surface area contributed by atoms with Crippen molar-refractivity contribution < 1.29 is 133 Å². The summed E-state index contributed by atoms with van der Waals surface area (Å²) < 4.78 is 100. The standard InChI is InChI=1S/C16H12N2O10S3.3Na/c19-16-14(31(26,27)28)8-9-7-10(29(20,21)22)5-6-11(9)15(16)18-17-12-3-1-2-4-13(12)30(23,24)25;;;/h1-8,19H,(H,20,21,22)(H,23,24,25)(H,26,27,28);;;/q;3*+1/p-3. The summed E-state index contributed by atoms with van der Waals surface area (Å²) in [7, 11) is -15.0. The van der Waals surface area contributed by atoms with Crippen LogP contribution in [0.1, 0.15) is 0 Å². The summed E-state index contributed by atoms with van der Waals surface area (Å²) in [5.74, 6) is -1.33. The molecule has 0 aliphatic carbocycles. The molecule has 0 spiro atoms. The van der Waals surface area contributed by atoms with E-state index in [2.05, 4.69) is 10.2 Å². The summed E-state index contributed by atoms with van der Waals surface area (Å²) in [4.78, 5) is -2.69. The molecule has 0 fully saturated rings. The van der Waals surface area contributed by atoms with Crippen LogP contribution in [0.3, 0.4) is 0 Å². The first kappa shape index (κ1) is 34.0. The molecule has 0 bridgehead atoms. The molecule has 1 N–H and O–H groups in total. The number of rotatable bonds is 5. The van der Waals surface area contributed by atoms with E-state index in [9.17, 15) is 44.0 Å². The molecular formula is C16H9N2Na3O10S3. The molecule has 164 valence electrons. The Kier molecular flexibility index (Phi) is 12.5. The molecule has 0 aromatic heterocycles. The third-order valence-corrected chi connectivity index (χ3v) is 6.54. The maximum absolute atomic E-state index is 12.6. The quantitative estimate of drug-likeness (QED) is 0.178. The SMILES string of the molecule is O=S(=O)([O-])c1ccc2c(N=Nc3ccccc3S(=O)(=O)[O-])c([O-])c(S(=O)(=O)O)cc2c1.[Na+].[Na+].[Na+]. The predicted octanol–water partition coefficient (Wildman–Crippen LogP) is -7.60. The van der Waals surface area contributed by atoms with Crippen LogP contribution >= 0.6 is 0 Å². The van der Waals surface area contributed by atoms with Gasteiger partial charge in [-0.1, -0.05) is 23.9 Å². The summed E-state index contributed by atoms with van der Waals surface area (Å²) in [5, 5.41) is 19.2. The van der Waals surface area contributed by atoms with Gasteiger partial charge in [-0.15, -0.1) is 5.11 Å². The van der Waals surface area contributed by atoms with E-state index >= 15 is 0 Å². The Morgan fingerprint density at radius 2 is 1.32 bits per heavy atom. The zero-order valence-electron chi connectivity index (χ0n) is 17.9. The average molecular weight is 554 g/mol. The smallest absolute Gasteiger partial charge is 0.870 e. The van der Waals surface area contributed by atoms with Crippen molar-refractivity contribution in [3.63, 3.8) is 0 Å².